The Morgan fingerprint density at radius 3 is 2.61 bits per heavy atom. The molecule has 0 saturated heterocycles. The van der Waals surface area contributed by atoms with Gasteiger partial charge in [-0.15, -0.1) is 0 Å². The van der Waals surface area contributed by atoms with Crippen LogP contribution in [0, 0.1) is 0 Å². The zero-order chi connectivity index (χ0) is 16.8. The second-order valence-corrected chi connectivity index (χ2v) is 6.52. The summed E-state index contributed by atoms with van der Waals surface area (Å²) < 4.78 is 12.9. The van der Waals surface area contributed by atoms with Gasteiger partial charge in [-0.2, -0.15) is 0 Å². The molecule has 0 radical (unpaired) electrons. The van der Waals surface area contributed by atoms with Crippen LogP contribution in [0.15, 0.2) is 51.4 Å². The Morgan fingerprint density at radius 2 is 1.91 bits per heavy atom. The third kappa shape index (κ3) is 4.97. The van der Waals surface area contributed by atoms with Crippen LogP contribution in [0.2, 0.25) is 0 Å². The molecular formula is C17H17Br2NO3. The van der Waals surface area contributed by atoms with Crippen molar-refractivity contribution in [3.8, 4) is 11.5 Å². The van der Waals surface area contributed by atoms with Gasteiger partial charge in [0.05, 0.1) is 16.8 Å². The molecule has 0 heterocycles. The lowest BCUT2D eigenvalue weighted by Crippen LogP contribution is -2.30. The quantitative estimate of drug-likeness (QED) is 0.683. The summed E-state index contributed by atoms with van der Waals surface area (Å²) >= 11 is 6.80. The predicted octanol–water partition coefficient (Wildman–Crippen LogP) is 5.02. The first-order chi connectivity index (χ1) is 11.0. The molecule has 0 spiro atoms. The maximum atomic E-state index is 12.3. The van der Waals surface area contributed by atoms with Crippen LogP contribution in [-0.4, -0.2) is 18.6 Å². The van der Waals surface area contributed by atoms with E-state index >= 15 is 0 Å². The lowest BCUT2D eigenvalue weighted by Gasteiger charge is -2.17. The van der Waals surface area contributed by atoms with Gasteiger partial charge in [-0.05, 0) is 60.1 Å². The molecule has 2 rings (SSSR count). The molecule has 0 aromatic heterocycles. The van der Waals surface area contributed by atoms with Gasteiger partial charge in [0.1, 0.15) is 11.5 Å². The summed E-state index contributed by atoms with van der Waals surface area (Å²) in [6, 6.07) is 12.8. The number of halogens is 2. The highest BCUT2D eigenvalue weighted by molar-refractivity contribution is 9.11. The fourth-order valence-electron chi connectivity index (χ4n) is 1.90. The van der Waals surface area contributed by atoms with Crippen LogP contribution in [0.5, 0.6) is 11.5 Å². The molecule has 122 valence electrons. The third-order valence-corrected chi connectivity index (χ3v) is 4.12. The highest BCUT2D eigenvalue weighted by atomic mass is 79.9. The molecule has 1 atom stereocenters. The molecule has 23 heavy (non-hydrogen) atoms. The van der Waals surface area contributed by atoms with Crippen molar-refractivity contribution in [1.82, 2.24) is 0 Å². The number of ether oxygens (including phenoxy) is 2. The molecule has 6 heteroatoms. The topological polar surface area (TPSA) is 47.6 Å². The number of hydrogen-bond acceptors (Lipinski definition) is 3. The largest absolute Gasteiger partial charge is 0.492 e. The van der Waals surface area contributed by atoms with Gasteiger partial charge in [0, 0.05) is 4.47 Å². The first kappa shape index (κ1) is 17.8. The van der Waals surface area contributed by atoms with E-state index in [1.54, 1.807) is 19.1 Å². The Labute approximate surface area is 152 Å². The van der Waals surface area contributed by atoms with Crippen molar-refractivity contribution >= 4 is 43.5 Å². The van der Waals surface area contributed by atoms with Crippen molar-refractivity contribution in [3.05, 3.63) is 51.4 Å². The van der Waals surface area contributed by atoms with Gasteiger partial charge < -0.3 is 14.8 Å². The van der Waals surface area contributed by atoms with Gasteiger partial charge in [0.2, 0.25) is 0 Å². The number of benzene rings is 2. The average molecular weight is 443 g/mol. The molecular weight excluding hydrogens is 426 g/mol. The Bertz CT molecular complexity index is 691. The molecule has 0 bridgehead atoms. The van der Waals surface area contributed by atoms with Gasteiger partial charge in [0.25, 0.3) is 5.91 Å². The van der Waals surface area contributed by atoms with E-state index in [2.05, 4.69) is 37.2 Å². The summed E-state index contributed by atoms with van der Waals surface area (Å²) in [6.07, 6.45) is -0.651. The van der Waals surface area contributed by atoms with Crippen LogP contribution in [0.25, 0.3) is 0 Å². The highest BCUT2D eigenvalue weighted by Gasteiger charge is 2.17. The molecule has 0 unspecified atom stereocenters. The van der Waals surface area contributed by atoms with E-state index in [9.17, 15) is 4.79 Å². The lowest BCUT2D eigenvalue weighted by molar-refractivity contribution is -0.122. The van der Waals surface area contributed by atoms with E-state index in [1.165, 1.54) is 0 Å². The van der Waals surface area contributed by atoms with Crippen LogP contribution in [0.4, 0.5) is 5.69 Å². The number of anilines is 1. The summed E-state index contributed by atoms with van der Waals surface area (Å²) in [7, 11) is 0. The maximum absolute atomic E-state index is 12.3. The minimum Gasteiger partial charge on any atom is -0.492 e. The van der Waals surface area contributed by atoms with Gasteiger partial charge >= 0.3 is 0 Å². The SMILES string of the molecule is CCOc1ccccc1NC(=O)[C@@H](C)Oc1ccc(Br)cc1Br. The minimum atomic E-state index is -0.651. The number of rotatable bonds is 6. The van der Waals surface area contributed by atoms with E-state index in [0.717, 1.165) is 8.95 Å². The summed E-state index contributed by atoms with van der Waals surface area (Å²) in [5.41, 5.74) is 0.629. The third-order valence-electron chi connectivity index (χ3n) is 3.01. The number of nitrogens with one attached hydrogen (secondary N) is 1. The van der Waals surface area contributed by atoms with Crippen LogP contribution >= 0.6 is 31.9 Å². The highest BCUT2D eigenvalue weighted by Crippen LogP contribution is 2.29. The van der Waals surface area contributed by atoms with Crippen molar-refractivity contribution in [3.63, 3.8) is 0 Å². The molecule has 1 N–H and O–H groups in total. The van der Waals surface area contributed by atoms with E-state index in [4.69, 9.17) is 9.47 Å². The van der Waals surface area contributed by atoms with Gasteiger partial charge in [0.15, 0.2) is 6.10 Å². The molecule has 1 amide bonds. The normalized spacial score (nSPS) is 11.7. The van der Waals surface area contributed by atoms with Crippen molar-refractivity contribution in [2.45, 2.75) is 20.0 Å². The standard InChI is InChI=1S/C17H17Br2NO3/c1-3-22-16-7-5-4-6-14(16)20-17(21)11(2)23-15-9-8-12(18)10-13(15)19/h4-11H,3H2,1-2H3,(H,20,21)/t11-/m1/s1. The molecule has 0 saturated carbocycles. The molecule has 2 aromatic rings. The van der Waals surface area contributed by atoms with Crippen molar-refractivity contribution in [2.75, 3.05) is 11.9 Å². The number of para-hydroxylation sites is 2. The molecule has 2 aromatic carbocycles. The summed E-state index contributed by atoms with van der Waals surface area (Å²) in [4.78, 5) is 12.3. The number of amides is 1. The first-order valence-corrected chi connectivity index (χ1v) is 8.74. The monoisotopic (exact) mass is 441 g/mol. The van der Waals surface area contributed by atoms with Crippen LogP contribution in [0.1, 0.15) is 13.8 Å². The molecule has 0 aliphatic rings. The first-order valence-electron chi connectivity index (χ1n) is 7.15. The van der Waals surface area contributed by atoms with Crippen molar-refractivity contribution in [2.24, 2.45) is 0 Å². The summed E-state index contributed by atoms with van der Waals surface area (Å²) in [5.74, 6) is 1.00. The van der Waals surface area contributed by atoms with Gasteiger partial charge in [-0.1, -0.05) is 28.1 Å². The van der Waals surface area contributed by atoms with Crippen LogP contribution in [0.3, 0.4) is 0 Å². The molecule has 0 fully saturated rings. The second-order valence-electron chi connectivity index (χ2n) is 4.75. The van der Waals surface area contributed by atoms with Crippen molar-refractivity contribution in [1.29, 1.82) is 0 Å². The van der Waals surface area contributed by atoms with Gasteiger partial charge in [-0.25, -0.2) is 0 Å². The van der Waals surface area contributed by atoms with E-state index in [-0.39, 0.29) is 5.91 Å². The zero-order valence-electron chi connectivity index (χ0n) is 12.8. The van der Waals surface area contributed by atoms with Crippen LogP contribution in [-0.2, 0) is 4.79 Å². The zero-order valence-corrected chi connectivity index (χ0v) is 16.0. The van der Waals surface area contributed by atoms with Crippen molar-refractivity contribution < 1.29 is 14.3 Å². The predicted molar refractivity (Wildman–Crippen MR) is 98.2 cm³/mol. The molecule has 0 aliphatic heterocycles. The average Bonchev–Trinajstić information content (AvgIpc) is 2.52. The fraction of sp³-hybridized carbons (Fsp3) is 0.235. The molecule has 4 nitrogen and oxygen atoms in total. The Morgan fingerprint density at radius 1 is 1.17 bits per heavy atom. The summed E-state index contributed by atoms with van der Waals surface area (Å²) in [6.45, 7) is 4.13. The number of carbonyl (C=O) groups excluding carboxylic acids is 1. The minimum absolute atomic E-state index is 0.244. The van der Waals surface area contributed by atoms with Crippen LogP contribution < -0.4 is 14.8 Å². The van der Waals surface area contributed by atoms with E-state index in [0.29, 0.717) is 23.8 Å². The Balaban J connectivity index is 2.05. The fourth-order valence-corrected chi connectivity index (χ4v) is 3.04. The second kappa shape index (κ2) is 8.36. The van der Waals surface area contributed by atoms with E-state index in [1.807, 2.05) is 37.3 Å². The Hall–Kier alpha value is -1.53. The summed E-state index contributed by atoms with van der Waals surface area (Å²) in [5, 5.41) is 2.83. The lowest BCUT2D eigenvalue weighted by atomic mass is 10.2. The van der Waals surface area contributed by atoms with E-state index < -0.39 is 6.10 Å². The number of carbonyl (C=O) groups is 1. The smallest absolute Gasteiger partial charge is 0.265 e. The maximum Gasteiger partial charge on any atom is 0.265 e. The number of hydrogen-bond donors (Lipinski definition) is 1. The molecule has 0 aliphatic carbocycles. The Kier molecular flexibility index (Phi) is 6.47. The van der Waals surface area contributed by atoms with Gasteiger partial charge in [-0.3, -0.25) is 4.79 Å².